The van der Waals surface area contributed by atoms with Crippen LogP contribution in [0.5, 0.6) is 5.75 Å². The minimum atomic E-state index is -3.81. The van der Waals surface area contributed by atoms with E-state index in [1.165, 1.54) is 16.9 Å². The highest BCUT2D eigenvalue weighted by Crippen LogP contribution is 2.27. The van der Waals surface area contributed by atoms with Crippen LogP contribution in [-0.4, -0.2) is 38.9 Å². The zero-order valence-corrected chi connectivity index (χ0v) is 22.6. The Hall–Kier alpha value is -3.46. The molecule has 1 aliphatic rings. The molecule has 1 aliphatic heterocycles. The molecular weight excluding hydrogens is 516 g/mol. The molecule has 0 spiro atoms. The average molecular weight is 547 g/mol. The monoisotopic (exact) mass is 546 g/mol. The fourth-order valence-corrected chi connectivity index (χ4v) is 6.54. The Morgan fingerprint density at radius 1 is 0.921 bits per heavy atom. The second-order valence-corrected chi connectivity index (χ2v) is 11.7. The van der Waals surface area contributed by atoms with Crippen LogP contribution in [0, 0.1) is 0 Å². The number of thiophene rings is 1. The highest BCUT2D eigenvalue weighted by atomic mass is 32.2. The van der Waals surface area contributed by atoms with Gasteiger partial charge in [-0.15, -0.1) is 0 Å². The molecular formula is C30H30N2O4S2. The minimum Gasteiger partial charge on any atom is -0.379 e. The summed E-state index contributed by atoms with van der Waals surface area (Å²) in [7, 11) is -3.81. The topological polar surface area (TPSA) is 75.7 Å². The number of hydrogen-bond donors (Lipinski definition) is 1. The van der Waals surface area contributed by atoms with E-state index in [-0.39, 0.29) is 10.8 Å². The van der Waals surface area contributed by atoms with Crippen LogP contribution < -0.4 is 9.50 Å². The third kappa shape index (κ3) is 6.51. The highest BCUT2D eigenvalue weighted by Gasteiger charge is 2.20. The molecule has 2 heterocycles. The first-order valence-electron chi connectivity index (χ1n) is 12.7. The molecule has 38 heavy (non-hydrogen) atoms. The number of amides is 1. The van der Waals surface area contributed by atoms with Crippen LogP contribution in [0.3, 0.4) is 0 Å². The van der Waals surface area contributed by atoms with Gasteiger partial charge in [0.25, 0.3) is 5.91 Å². The predicted octanol–water partition coefficient (Wildman–Crippen LogP) is 5.75. The molecule has 5 rings (SSSR count). The van der Waals surface area contributed by atoms with E-state index < -0.39 is 10.1 Å². The van der Waals surface area contributed by atoms with Gasteiger partial charge in [-0.25, -0.2) is 0 Å². The lowest BCUT2D eigenvalue weighted by Gasteiger charge is -2.29. The molecule has 6 nitrogen and oxygen atoms in total. The number of nitrogens with zero attached hydrogens (tertiary/aromatic N) is 1. The SMILES string of the molecule is O=C(NCCCCN1CCc2ccc(OS(=O)(=O)c3ccsc3)cc2C1)c1ccc(-c2ccccc2)cc1. The lowest BCUT2D eigenvalue weighted by molar-refractivity contribution is 0.0952. The maximum absolute atomic E-state index is 12.5. The van der Waals surface area contributed by atoms with Crippen molar-refractivity contribution in [3.63, 3.8) is 0 Å². The molecule has 0 saturated heterocycles. The van der Waals surface area contributed by atoms with Crippen LogP contribution in [0.4, 0.5) is 0 Å². The predicted molar refractivity (Wildman–Crippen MR) is 151 cm³/mol. The third-order valence-electron chi connectivity index (χ3n) is 6.70. The van der Waals surface area contributed by atoms with Crippen LogP contribution >= 0.6 is 11.3 Å². The summed E-state index contributed by atoms with van der Waals surface area (Å²) in [4.78, 5) is 15.1. The molecule has 0 atom stereocenters. The lowest BCUT2D eigenvalue weighted by atomic mass is 9.99. The molecule has 0 unspecified atom stereocenters. The summed E-state index contributed by atoms with van der Waals surface area (Å²) in [5, 5.41) is 6.31. The van der Waals surface area contributed by atoms with Gasteiger partial charge in [0.05, 0.1) is 0 Å². The fraction of sp³-hybridized carbons (Fsp3) is 0.233. The number of hydrogen-bond acceptors (Lipinski definition) is 6. The summed E-state index contributed by atoms with van der Waals surface area (Å²) in [6.45, 7) is 3.26. The van der Waals surface area contributed by atoms with Crippen LogP contribution in [0.2, 0.25) is 0 Å². The van der Waals surface area contributed by atoms with E-state index in [1.807, 2.05) is 54.6 Å². The second kappa shape index (κ2) is 11.9. The van der Waals surface area contributed by atoms with Gasteiger partial charge in [-0.3, -0.25) is 9.69 Å². The van der Waals surface area contributed by atoms with Crippen molar-refractivity contribution in [3.8, 4) is 16.9 Å². The second-order valence-electron chi connectivity index (χ2n) is 9.36. The first-order valence-corrected chi connectivity index (χ1v) is 15.1. The zero-order chi connectivity index (χ0) is 26.4. The maximum Gasteiger partial charge on any atom is 0.340 e. The third-order valence-corrected chi connectivity index (χ3v) is 8.78. The van der Waals surface area contributed by atoms with Gasteiger partial charge >= 0.3 is 10.1 Å². The number of benzene rings is 3. The van der Waals surface area contributed by atoms with E-state index in [9.17, 15) is 13.2 Å². The first kappa shape index (κ1) is 26.2. The fourth-order valence-electron chi connectivity index (χ4n) is 4.61. The molecule has 8 heteroatoms. The largest absolute Gasteiger partial charge is 0.379 e. The number of fused-ring (bicyclic) bond motifs is 1. The Bertz CT molecular complexity index is 1470. The van der Waals surface area contributed by atoms with Gasteiger partial charge in [-0.05, 0) is 83.8 Å². The van der Waals surface area contributed by atoms with Crippen LogP contribution in [0.15, 0.2) is 94.5 Å². The van der Waals surface area contributed by atoms with E-state index in [0.29, 0.717) is 17.9 Å². The van der Waals surface area contributed by atoms with Gasteiger partial charge in [0.1, 0.15) is 10.6 Å². The minimum absolute atomic E-state index is 0.0542. The molecule has 0 fully saturated rings. The summed E-state index contributed by atoms with van der Waals surface area (Å²) >= 11 is 1.32. The normalized spacial score (nSPS) is 13.6. The van der Waals surface area contributed by atoms with E-state index in [0.717, 1.165) is 55.6 Å². The first-order chi connectivity index (χ1) is 18.5. The van der Waals surface area contributed by atoms with Crippen LogP contribution in [0.1, 0.15) is 34.3 Å². The zero-order valence-electron chi connectivity index (χ0n) is 21.0. The van der Waals surface area contributed by atoms with Crippen molar-refractivity contribution in [1.29, 1.82) is 0 Å². The Labute approximate surface area is 228 Å². The summed E-state index contributed by atoms with van der Waals surface area (Å²) in [5.41, 5.74) is 5.21. The van der Waals surface area contributed by atoms with Gasteiger partial charge in [0.2, 0.25) is 0 Å². The van der Waals surface area contributed by atoms with Gasteiger partial charge in [0, 0.05) is 30.6 Å². The van der Waals surface area contributed by atoms with Crippen molar-refractivity contribution in [2.24, 2.45) is 0 Å². The Morgan fingerprint density at radius 3 is 2.47 bits per heavy atom. The van der Waals surface area contributed by atoms with Crippen molar-refractivity contribution >= 4 is 27.4 Å². The van der Waals surface area contributed by atoms with Gasteiger partial charge < -0.3 is 9.50 Å². The molecule has 3 aromatic carbocycles. The number of carbonyl (C=O) groups excluding carboxylic acids is 1. The molecule has 0 saturated carbocycles. The van der Waals surface area contributed by atoms with E-state index in [4.69, 9.17) is 4.18 Å². The molecule has 4 aromatic rings. The van der Waals surface area contributed by atoms with Crippen molar-refractivity contribution < 1.29 is 17.4 Å². The van der Waals surface area contributed by atoms with Crippen molar-refractivity contribution in [2.75, 3.05) is 19.6 Å². The summed E-state index contributed by atoms with van der Waals surface area (Å²) in [6, 6.07) is 24.9. The van der Waals surface area contributed by atoms with E-state index in [2.05, 4.69) is 22.3 Å². The Balaban J connectivity index is 1.06. The van der Waals surface area contributed by atoms with Crippen LogP contribution in [0.25, 0.3) is 11.1 Å². The number of carbonyl (C=O) groups is 1. The van der Waals surface area contributed by atoms with Gasteiger partial charge in [0.15, 0.2) is 0 Å². The Kier molecular flexibility index (Phi) is 8.22. The lowest BCUT2D eigenvalue weighted by Crippen LogP contribution is -2.32. The van der Waals surface area contributed by atoms with E-state index >= 15 is 0 Å². The van der Waals surface area contributed by atoms with Gasteiger partial charge in [-0.1, -0.05) is 48.5 Å². The van der Waals surface area contributed by atoms with Crippen LogP contribution in [-0.2, 0) is 23.1 Å². The van der Waals surface area contributed by atoms with E-state index in [1.54, 1.807) is 22.9 Å². The number of rotatable bonds is 10. The summed E-state index contributed by atoms with van der Waals surface area (Å²) in [6.07, 6.45) is 2.77. The molecule has 196 valence electrons. The van der Waals surface area contributed by atoms with Crippen molar-refractivity contribution in [3.05, 3.63) is 106 Å². The molecule has 1 amide bonds. The highest BCUT2D eigenvalue weighted by molar-refractivity contribution is 7.87. The smallest absolute Gasteiger partial charge is 0.340 e. The molecule has 0 aliphatic carbocycles. The molecule has 0 bridgehead atoms. The molecule has 1 aromatic heterocycles. The Morgan fingerprint density at radius 2 is 1.71 bits per heavy atom. The average Bonchev–Trinajstić information content (AvgIpc) is 3.49. The van der Waals surface area contributed by atoms with Gasteiger partial charge in [-0.2, -0.15) is 19.8 Å². The molecule has 1 N–H and O–H groups in total. The molecule has 0 radical (unpaired) electrons. The standard InChI is InChI=1S/C30H30N2O4S2/c33-30(26-10-8-24(9-11-26)23-6-2-1-3-7-23)31-16-4-5-17-32-18-14-25-12-13-28(20-27(25)21-32)36-38(34,35)29-15-19-37-22-29/h1-3,6-13,15,19-20,22H,4-5,14,16-18,21H2,(H,31,33). The van der Waals surface area contributed by atoms with Crippen molar-refractivity contribution in [2.45, 2.75) is 30.7 Å². The number of unbranched alkanes of at least 4 members (excludes halogenated alkanes) is 1. The van der Waals surface area contributed by atoms with Crippen molar-refractivity contribution in [1.82, 2.24) is 10.2 Å². The maximum atomic E-state index is 12.5. The quantitative estimate of drug-likeness (QED) is 0.202. The number of nitrogens with one attached hydrogen (secondary N) is 1. The summed E-state index contributed by atoms with van der Waals surface area (Å²) in [5.74, 6) is 0.290. The summed E-state index contributed by atoms with van der Waals surface area (Å²) < 4.78 is 30.3.